The Hall–Kier alpha value is -1.09. The van der Waals surface area contributed by atoms with Gasteiger partial charge in [-0.3, -0.25) is 0 Å². The second kappa shape index (κ2) is 4.30. The number of rotatable bonds is 2. The summed E-state index contributed by atoms with van der Waals surface area (Å²) in [4.78, 5) is 0. The standard InChI is InChI=1S/C14H18O2S/c1-13(7-3-11(15)4-8-13)17-14(2)9-5-12(16)6-10-14/h3-7,9,15-16H,8,10H2,1-2H3. The number of hydrogen-bond donors (Lipinski definition) is 2. The maximum atomic E-state index is 9.35. The molecular formula is C14H18O2S. The number of thioether (sulfide) groups is 1. The fraction of sp³-hybridized carbons (Fsp3) is 0.429. The van der Waals surface area contributed by atoms with E-state index in [1.54, 1.807) is 12.2 Å². The van der Waals surface area contributed by atoms with Crippen LogP contribution in [0, 0.1) is 0 Å². The SMILES string of the molecule is CC1(SC2(C)C=CC(O)=CC2)C=CC(O)=CC1. The molecule has 0 saturated heterocycles. The van der Waals surface area contributed by atoms with Crippen LogP contribution in [0.4, 0.5) is 0 Å². The smallest absolute Gasteiger partial charge is 0.111 e. The van der Waals surface area contributed by atoms with Gasteiger partial charge in [0, 0.05) is 9.49 Å². The second-order valence-corrected chi connectivity index (χ2v) is 7.13. The first-order valence-electron chi connectivity index (χ1n) is 5.78. The van der Waals surface area contributed by atoms with Crippen LogP contribution in [-0.2, 0) is 0 Å². The Morgan fingerprint density at radius 3 is 1.65 bits per heavy atom. The first kappa shape index (κ1) is 12.4. The number of allylic oxidation sites excluding steroid dienone is 4. The highest BCUT2D eigenvalue weighted by Gasteiger charge is 2.33. The van der Waals surface area contributed by atoms with Crippen LogP contribution in [0.1, 0.15) is 26.7 Å². The lowest BCUT2D eigenvalue weighted by Crippen LogP contribution is -2.29. The zero-order chi connectivity index (χ0) is 12.5. The minimum Gasteiger partial charge on any atom is -0.508 e. The van der Waals surface area contributed by atoms with Crippen molar-refractivity contribution < 1.29 is 10.2 Å². The molecule has 0 aromatic rings. The molecular weight excluding hydrogens is 232 g/mol. The van der Waals surface area contributed by atoms with Crippen molar-refractivity contribution in [1.82, 2.24) is 0 Å². The van der Waals surface area contributed by atoms with E-state index in [0.717, 1.165) is 12.8 Å². The fourth-order valence-corrected chi connectivity index (χ4v) is 3.76. The summed E-state index contributed by atoms with van der Waals surface area (Å²) < 4.78 is 0.0121. The van der Waals surface area contributed by atoms with Crippen LogP contribution in [0.3, 0.4) is 0 Å². The van der Waals surface area contributed by atoms with Crippen molar-refractivity contribution >= 4 is 11.8 Å². The third-order valence-corrected chi connectivity index (χ3v) is 4.65. The summed E-state index contributed by atoms with van der Waals surface area (Å²) in [5.74, 6) is 0.704. The summed E-state index contributed by atoms with van der Waals surface area (Å²) in [6.45, 7) is 4.35. The average Bonchev–Trinajstić information content (AvgIpc) is 2.28. The molecule has 0 bridgehead atoms. The van der Waals surface area contributed by atoms with E-state index in [1.165, 1.54) is 0 Å². The molecule has 92 valence electrons. The van der Waals surface area contributed by atoms with Crippen molar-refractivity contribution in [1.29, 1.82) is 0 Å². The molecule has 3 heteroatoms. The lowest BCUT2D eigenvalue weighted by molar-refractivity contribution is 0.423. The van der Waals surface area contributed by atoms with E-state index in [-0.39, 0.29) is 9.49 Å². The molecule has 0 spiro atoms. The average molecular weight is 250 g/mol. The van der Waals surface area contributed by atoms with Crippen LogP contribution in [-0.4, -0.2) is 19.7 Å². The van der Waals surface area contributed by atoms with Crippen LogP contribution in [0.2, 0.25) is 0 Å². The monoisotopic (exact) mass is 250 g/mol. The Kier molecular flexibility index (Phi) is 3.13. The highest BCUT2D eigenvalue weighted by molar-refractivity contribution is 8.02. The minimum atomic E-state index is 0.00607. The van der Waals surface area contributed by atoms with Crippen LogP contribution in [0.15, 0.2) is 48.0 Å². The van der Waals surface area contributed by atoms with Gasteiger partial charge in [-0.25, -0.2) is 0 Å². The summed E-state index contributed by atoms with van der Waals surface area (Å²) in [5, 5.41) is 18.7. The highest BCUT2D eigenvalue weighted by atomic mass is 32.2. The van der Waals surface area contributed by atoms with Crippen LogP contribution in [0.25, 0.3) is 0 Å². The summed E-state index contributed by atoms with van der Waals surface area (Å²) in [6, 6.07) is 0. The van der Waals surface area contributed by atoms with Gasteiger partial charge in [0.2, 0.25) is 0 Å². The van der Waals surface area contributed by atoms with Crippen LogP contribution < -0.4 is 0 Å². The molecule has 2 aliphatic rings. The van der Waals surface area contributed by atoms with Gasteiger partial charge >= 0.3 is 0 Å². The zero-order valence-corrected chi connectivity index (χ0v) is 11.0. The summed E-state index contributed by atoms with van der Waals surface area (Å²) in [6.07, 6.45) is 13.0. The van der Waals surface area contributed by atoms with E-state index in [0.29, 0.717) is 11.5 Å². The van der Waals surface area contributed by atoms with Crippen molar-refractivity contribution in [2.45, 2.75) is 36.2 Å². The van der Waals surface area contributed by atoms with Crippen molar-refractivity contribution in [3.63, 3.8) is 0 Å². The Labute approximate surface area is 106 Å². The van der Waals surface area contributed by atoms with E-state index in [2.05, 4.69) is 26.0 Å². The number of aliphatic hydroxyl groups is 2. The first-order valence-corrected chi connectivity index (χ1v) is 6.59. The van der Waals surface area contributed by atoms with Gasteiger partial charge in [0.05, 0.1) is 0 Å². The normalized spacial score (nSPS) is 36.6. The molecule has 0 saturated carbocycles. The lowest BCUT2D eigenvalue weighted by atomic mass is 10.0. The Morgan fingerprint density at radius 1 is 0.941 bits per heavy atom. The molecule has 0 fully saturated rings. The predicted molar refractivity (Wildman–Crippen MR) is 73.3 cm³/mol. The molecule has 2 unspecified atom stereocenters. The molecule has 2 atom stereocenters. The van der Waals surface area contributed by atoms with E-state index in [4.69, 9.17) is 0 Å². The van der Waals surface area contributed by atoms with Gasteiger partial charge in [-0.05, 0) is 51.0 Å². The second-order valence-electron chi connectivity index (χ2n) is 5.06. The largest absolute Gasteiger partial charge is 0.508 e. The van der Waals surface area contributed by atoms with Gasteiger partial charge in [-0.15, -0.1) is 11.8 Å². The van der Waals surface area contributed by atoms with Gasteiger partial charge in [-0.1, -0.05) is 12.2 Å². The Balaban J connectivity index is 2.07. The summed E-state index contributed by atoms with van der Waals surface area (Å²) in [5.41, 5.74) is 0. The molecule has 2 rings (SSSR count). The van der Waals surface area contributed by atoms with E-state index in [1.807, 2.05) is 23.9 Å². The van der Waals surface area contributed by atoms with Gasteiger partial charge in [0.25, 0.3) is 0 Å². The van der Waals surface area contributed by atoms with Crippen molar-refractivity contribution in [2.24, 2.45) is 0 Å². The van der Waals surface area contributed by atoms with Gasteiger partial charge in [0.15, 0.2) is 0 Å². The molecule has 0 aromatic carbocycles. The first-order chi connectivity index (χ1) is 7.91. The van der Waals surface area contributed by atoms with Gasteiger partial charge in [-0.2, -0.15) is 0 Å². The van der Waals surface area contributed by atoms with E-state index < -0.39 is 0 Å². The molecule has 0 aliphatic heterocycles. The van der Waals surface area contributed by atoms with Crippen LogP contribution >= 0.6 is 11.8 Å². The molecule has 17 heavy (non-hydrogen) atoms. The Morgan fingerprint density at radius 2 is 1.35 bits per heavy atom. The molecule has 0 heterocycles. The van der Waals surface area contributed by atoms with Crippen molar-refractivity contribution in [3.8, 4) is 0 Å². The maximum Gasteiger partial charge on any atom is 0.111 e. The third-order valence-electron chi connectivity index (χ3n) is 3.11. The molecule has 0 radical (unpaired) electrons. The van der Waals surface area contributed by atoms with Gasteiger partial charge in [0.1, 0.15) is 11.5 Å². The maximum absolute atomic E-state index is 9.35. The molecule has 2 nitrogen and oxygen atoms in total. The molecule has 0 aromatic heterocycles. The predicted octanol–water partition coefficient (Wildman–Crippen LogP) is 4.04. The molecule has 0 amide bonds. The highest BCUT2D eigenvalue weighted by Crippen LogP contribution is 2.45. The number of hydrogen-bond acceptors (Lipinski definition) is 3. The fourth-order valence-electron chi connectivity index (χ4n) is 2.09. The number of aliphatic hydroxyl groups excluding tert-OH is 2. The molecule has 2 aliphatic carbocycles. The van der Waals surface area contributed by atoms with Gasteiger partial charge < -0.3 is 10.2 Å². The summed E-state index contributed by atoms with van der Waals surface area (Å²) >= 11 is 1.87. The zero-order valence-electron chi connectivity index (χ0n) is 10.2. The topological polar surface area (TPSA) is 40.5 Å². The van der Waals surface area contributed by atoms with Crippen molar-refractivity contribution in [2.75, 3.05) is 0 Å². The van der Waals surface area contributed by atoms with E-state index in [9.17, 15) is 10.2 Å². The van der Waals surface area contributed by atoms with Crippen molar-refractivity contribution in [3.05, 3.63) is 48.0 Å². The Bertz CT molecular complexity index is 394. The molecule has 2 N–H and O–H groups in total. The third kappa shape index (κ3) is 2.97. The van der Waals surface area contributed by atoms with E-state index >= 15 is 0 Å². The summed E-state index contributed by atoms with van der Waals surface area (Å²) in [7, 11) is 0. The van der Waals surface area contributed by atoms with Crippen LogP contribution in [0.5, 0.6) is 0 Å². The lowest BCUT2D eigenvalue weighted by Gasteiger charge is -2.37. The minimum absolute atomic E-state index is 0.00607. The quantitative estimate of drug-likeness (QED) is 0.777.